The van der Waals surface area contributed by atoms with Crippen LogP contribution in [0.25, 0.3) is 0 Å². The predicted molar refractivity (Wildman–Crippen MR) is 112 cm³/mol. The lowest BCUT2D eigenvalue weighted by Crippen LogP contribution is -2.51. The molecule has 0 aromatic heterocycles. The normalized spacial score (nSPS) is 20.9. The Morgan fingerprint density at radius 3 is 2.66 bits per heavy atom. The van der Waals surface area contributed by atoms with Crippen molar-refractivity contribution in [2.24, 2.45) is 10.7 Å². The molecule has 2 aliphatic rings. The average Bonchev–Trinajstić information content (AvgIpc) is 3.33. The summed E-state index contributed by atoms with van der Waals surface area (Å²) >= 11 is 0. The number of nitrogens with one attached hydrogen (secondary N) is 1. The summed E-state index contributed by atoms with van der Waals surface area (Å²) in [7, 11) is -3.86. The monoisotopic (exact) mass is 412 g/mol. The minimum atomic E-state index is -3.86. The zero-order chi connectivity index (χ0) is 20.6. The van der Waals surface area contributed by atoms with Crippen molar-refractivity contribution in [3.8, 4) is 0 Å². The van der Waals surface area contributed by atoms with E-state index in [-0.39, 0.29) is 23.3 Å². The number of sulfone groups is 1. The lowest BCUT2D eigenvalue weighted by Gasteiger charge is -2.30. The Labute approximate surface area is 170 Å². The summed E-state index contributed by atoms with van der Waals surface area (Å²) in [5.74, 6) is 0.177. The predicted octanol–water partition coefficient (Wildman–Crippen LogP) is 1.92. The zero-order valence-corrected chi connectivity index (χ0v) is 17.1. The molecule has 0 unspecified atom stereocenters. The summed E-state index contributed by atoms with van der Waals surface area (Å²) in [4.78, 5) is 17.0. The quantitative estimate of drug-likeness (QED) is 0.781. The van der Waals surface area contributed by atoms with Crippen LogP contribution in [-0.2, 0) is 25.9 Å². The summed E-state index contributed by atoms with van der Waals surface area (Å²) in [6.45, 7) is 2.55. The molecule has 2 aliphatic heterocycles. The van der Waals surface area contributed by atoms with Gasteiger partial charge in [0, 0.05) is 18.7 Å². The molecule has 2 aromatic rings. The van der Waals surface area contributed by atoms with Crippen LogP contribution in [0.3, 0.4) is 0 Å². The Hall–Kier alpha value is -2.87. The maximum absolute atomic E-state index is 13.7. The Balaban J connectivity index is 1.75. The van der Waals surface area contributed by atoms with Gasteiger partial charge in [0.1, 0.15) is 0 Å². The highest BCUT2D eigenvalue weighted by molar-refractivity contribution is 7.92. The fraction of sp³-hybridized carbons (Fsp3) is 0.333. The SMILES string of the molecule is CCCC(=O)N1CCc2cc(S(=O)(=O)[C@]3(c4ccccc4)CN=C(N)N3)ccc21. The second-order valence-corrected chi connectivity index (χ2v) is 9.53. The number of hydrogen-bond acceptors (Lipinski definition) is 6. The van der Waals surface area contributed by atoms with E-state index in [1.54, 1.807) is 47.4 Å². The van der Waals surface area contributed by atoms with Crippen molar-refractivity contribution in [1.82, 2.24) is 5.32 Å². The van der Waals surface area contributed by atoms with Gasteiger partial charge < -0.3 is 16.0 Å². The van der Waals surface area contributed by atoms with Crippen LogP contribution < -0.4 is 16.0 Å². The van der Waals surface area contributed by atoms with Gasteiger partial charge in [-0.25, -0.2) is 13.4 Å². The molecule has 29 heavy (non-hydrogen) atoms. The molecule has 152 valence electrons. The van der Waals surface area contributed by atoms with E-state index in [4.69, 9.17) is 5.73 Å². The van der Waals surface area contributed by atoms with E-state index >= 15 is 0 Å². The molecule has 7 nitrogen and oxygen atoms in total. The first kappa shape index (κ1) is 19.4. The van der Waals surface area contributed by atoms with Gasteiger partial charge in [-0.15, -0.1) is 0 Å². The number of aliphatic imine (C=N–C) groups is 1. The molecule has 0 saturated heterocycles. The first-order valence-corrected chi connectivity index (χ1v) is 11.2. The largest absolute Gasteiger partial charge is 0.370 e. The number of nitrogens with zero attached hydrogens (tertiary/aromatic N) is 2. The van der Waals surface area contributed by atoms with Gasteiger partial charge in [-0.2, -0.15) is 0 Å². The van der Waals surface area contributed by atoms with Gasteiger partial charge in [0.25, 0.3) is 0 Å². The summed E-state index contributed by atoms with van der Waals surface area (Å²) < 4.78 is 27.5. The van der Waals surface area contributed by atoms with Gasteiger partial charge in [0.2, 0.25) is 15.7 Å². The van der Waals surface area contributed by atoms with E-state index in [2.05, 4.69) is 10.3 Å². The number of amides is 1. The maximum Gasteiger partial charge on any atom is 0.226 e. The van der Waals surface area contributed by atoms with Crippen molar-refractivity contribution in [2.75, 3.05) is 18.0 Å². The van der Waals surface area contributed by atoms with Crippen molar-refractivity contribution >= 4 is 27.4 Å². The van der Waals surface area contributed by atoms with Gasteiger partial charge in [0.05, 0.1) is 11.4 Å². The molecule has 0 saturated carbocycles. The van der Waals surface area contributed by atoms with Crippen LogP contribution in [0.5, 0.6) is 0 Å². The number of benzene rings is 2. The van der Waals surface area contributed by atoms with Crippen molar-refractivity contribution in [3.63, 3.8) is 0 Å². The number of carbonyl (C=O) groups is 1. The third-order valence-electron chi connectivity index (χ3n) is 5.52. The minimum Gasteiger partial charge on any atom is -0.370 e. The molecule has 2 heterocycles. The molecule has 1 atom stereocenters. The number of guanidine groups is 1. The lowest BCUT2D eigenvalue weighted by atomic mass is 10.1. The Morgan fingerprint density at radius 2 is 2.00 bits per heavy atom. The van der Waals surface area contributed by atoms with Crippen molar-refractivity contribution in [2.45, 2.75) is 36.0 Å². The highest BCUT2D eigenvalue weighted by atomic mass is 32.2. The van der Waals surface area contributed by atoms with Crippen molar-refractivity contribution in [1.29, 1.82) is 0 Å². The number of carbonyl (C=O) groups excluding carboxylic acids is 1. The van der Waals surface area contributed by atoms with Crippen LogP contribution >= 0.6 is 0 Å². The van der Waals surface area contributed by atoms with E-state index in [1.807, 2.05) is 13.0 Å². The Morgan fingerprint density at radius 1 is 1.24 bits per heavy atom. The minimum absolute atomic E-state index is 0.00335. The summed E-state index contributed by atoms with van der Waals surface area (Å²) in [6.07, 6.45) is 1.90. The third kappa shape index (κ3) is 3.07. The van der Waals surface area contributed by atoms with Crippen LogP contribution in [0.2, 0.25) is 0 Å². The lowest BCUT2D eigenvalue weighted by molar-refractivity contribution is -0.118. The molecule has 1 amide bonds. The molecule has 0 fully saturated rings. The first-order chi connectivity index (χ1) is 13.9. The first-order valence-electron chi connectivity index (χ1n) is 9.70. The fourth-order valence-corrected chi connectivity index (χ4v) is 5.88. The van der Waals surface area contributed by atoms with Gasteiger partial charge in [0.15, 0.2) is 10.8 Å². The van der Waals surface area contributed by atoms with E-state index in [0.29, 0.717) is 24.9 Å². The summed E-state index contributed by atoms with van der Waals surface area (Å²) in [6, 6.07) is 13.9. The smallest absolute Gasteiger partial charge is 0.226 e. The highest BCUT2D eigenvalue weighted by Gasteiger charge is 2.50. The van der Waals surface area contributed by atoms with Gasteiger partial charge in [-0.05, 0) is 42.2 Å². The summed E-state index contributed by atoms with van der Waals surface area (Å²) in [5.41, 5.74) is 8.07. The van der Waals surface area contributed by atoms with E-state index in [9.17, 15) is 13.2 Å². The molecule has 3 N–H and O–H groups in total. The van der Waals surface area contributed by atoms with E-state index in [0.717, 1.165) is 17.7 Å². The number of fused-ring (bicyclic) bond motifs is 1. The second-order valence-electron chi connectivity index (χ2n) is 7.36. The molecule has 0 radical (unpaired) electrons. The van der Waals surface area contributed by atoms with Crippen LogP contribution in [0.1, 0.15) is 30.9 Å². The Kier molecular flexibility index (Phi) is 4.82. The standard InChI is InChI=1S/C21H24N4O3S/c1-2-6-19(26)25-12-11-15-13-17(9-10-18(15)25)29(27,28)21(14-23-20(22)24-21)16-7-4-3-5-8-16/h3-5,7-10,13H,2,6,11-12,14H2,1H3,(H3,22,23,24)/t21-/m0/s1. The topological polar surface area (TPSA) is 105 Å². The van der Waals surface area contributed by atoms with E-state index < -0.39 is 14.7 Å². The van der Waals surface area contributed by atoms with Crippen LogP contribution in [0, 0.1) is 0 Å². The molecular weight excluding hydrogens is 388 g/mol. The number of nitrogens with two attached hydrogens (primary N) is 1. The van der Waals surface area contributed by atoms with Gasteiger partial charge >= 0.3 is 0 Å². The molecular formula is C21H24N4O3S. The molecule has 8 heteroatoms. The molecule has 2 aromatic carbocycles. The average molecular weight is 413 g/mol. The molecule has 0 bridgehead atoms. The molecule has 4 rings (SSSR count). The van der Waals surface area contributed by atoms with Crippen LogP contribution in [-0.4, -0.2) is 33.4 Å². The fourth-order valence-electron chi connectivity index (χ4n) is 4.01. The second kappa shape index (κ2) is 7.18. The van der Waals surface area contributed by atoms with Crippen LogP contribution in [0.15, 0.2) is 58.4 Å². The van der Waals surface area contributed by atoms with Gasteiger partial charge in [-0.1, -0.05) is 37.3 Å². The van der Waals surface area contributed by atoms with E-state index in [1.165, 1.54) is 0 Å². The number of rotatable bonds is 5. The maximum atomic E-state index is 13.7. The van der Waals surface area contributed by atoms with Gasteiger partial charge in [-0.3, -0.25) is 4.79 Å². The molecule has 0 aliphatic carbocycles. The van der Waals surface area contributed by atoms with Crippen LogP contribution in [0.4, 0.5) is 5.69 Å². The molecule has 0 spiro atoms. The number of hydrogen-bond donors (Lipinski definition) is 2. The zero-order valence-electron chi connectivity index (χ0n) is 16.3. The van der Waals surface area contributed by atoms with Crippen molar-refractivity contribution in [3.05, 3.63) is 59.7 Å². The number of anilines is 1. The Bertz CT molecular complexity index is 1080. The highest BCUT2D eigenvalue weighted by Crippen LogP contribution is 2.38. The van der Waals surface area contributed by atoms with Crippen molar-refractivity contribution < 1.29 is 13.2 Å². The third-order valence-corrected chi connectivity index (χ3v) is 7.78. The summed E-state index contributed by atoms with van der Waals surface area (Å²) in [5, 5.41) is 2.91.